The van der Waals surface area contributed by atoms with Gasteiger partial charge in [-0.3, -0.25) is 4.72 Å². The van der Waals surface area contributed by atoms with Crippen molar-refractivity contribution in [2.45, 2.75) is 18.2 Å². The van der Waals surface area contributed by atoms with Crippen molar-refractivity contribution in [3.05, 3.63) is 53.8 Å². The molecule has 130 valence electrons. The molecule has 0 aliphatic carbocycles. The topological polar surface area (TPSA) is 64.6 Å². The van der Waals surface area contributed by atoms with Gasteiger partial charge in [0.2, 0.25) is 0 Å². The minimum absolute atomic E-state index is 0.0630. The van der Waals surface area contributed by atoms with Crippen LogP contribution in [0, 0.1) is 12.7 Å². The molecule has 24 heavy (non-hydrogen) atoms. The Bertz CT molecular complexity index is 776. The fourth-order valence-corrected chi connectivity index (χ4v) is 3.08. The van der Waals surface area contributed by atoms with Gasteiger partial charge in [0.05, 0.1) is 17.2 Å². The van der Waals surface area contributed by atoms with E-state index >= 15 is 0 Å². The van der Waals surface area contributed by atoms with Gasteiger partial charge < -0.3 is 9.47 Å². The Morgan fingerprint density at radius 2 is 1.79 bits per heavy atom. The average Bonchev–Trinajstić information content (AvgIpc) is 2.53. The number of nitrogens with one attached hydrogen (secondary N) is 1. The molecule has 0 spiro atoms. The van der Waals surface area contributed by atoms with Gasteiger partial charge in [-0.25, -0.2) is 12.8 Å². The summed E-state index contributed by atoms with van der Waals surface area (Å²) in [5.74, 6) is -0.288. The summed E-state index contributed by atoms with van der Waals surface area (Å²) in [7, 11) is -2.24. The van der Waals surface area contributed by atoms with Crippen molar-refractivity contribution < 1.29 is 22.3 Å². The zero-order chi connectivity index (χ0) is 17.6. The van der Waals surface area contributed by atoms with Gasteiger partial charge in [-0.15, -0.1) is 0 Å². The van der Waals surface area contributed by atoms with Crippen molar-refractivity contribution in [1.29, 1.82) is 0 Å². The predicted octanol–water partition coefficient (Wildman–Crippen LogP) is 3.35. The molecule has 0 unspecified atom stereocenters. The molecule has 5 nitrogen and oxygen atoms in total. The van der Waals surface area contributed by atoms with Gasteiger partial charge in [-0.2, -0.15) is 0 Å². The van der Waals surface area contributed by atoms with E-state index in [1.54, 1.807) is 19.2 Å². The molecule has 2 aromatic carbocycles. The number of sulfonamides is 1. The lowest BCUT2D eigenvalue weighted by Crippen LogP contribution is -2.14. The monoisotopic (exact) mass is 353 g/mol. The number of halogens is 1. The molecule has 0 bridgehead atoms. The van der Waals surface area contributed by atoms with Crippen LogP contribution in [0.25, 0.3) is 0 Å². The number of anilines is 1. The Balaban J connectivity index is 2.20. The van der Waals surface area contributed by atoms with Crippen LogP contribution in [0.2, 0.25) is 0 Å². The summed E-state index contributed by atoms with van der Waals surface area (Å²) in [6.45, 7) is 2.71. The molecule has 1 N–H and O–H groups in total. The smallest absolute Gasteiger partial charge is 0.262 e. The third-order valence-electron chi connectivity index (χ3n) is 3.27. The lowest BCUT2D eigenvalue weighted by atomic mass is 10.2. The van der Waals surface area contributed by atoms with Crippen LogP contribution in [-0.2, 0) is 14.8 Å². The van der Waals surface area contributed by atoms with Gasteiger partial charge in [0.1, 0.15) is 11.6 Å². The van der Waals surface area contributed by atoms with Crippen molar-refractivity contribution >= 4 is 15.7 Å². The van der Waals surface area contributed by atoms with Crippen molar-refractivity contribution in [2.24, 2.45) is 0 Å². The molecule has 0 heterocycles. The first kappa shape index (κ1) is 18.2. The summed E-state index contributed by atoms with van der Waals surface area (Å²) in [5, 5.41) is 0. The quantitative estimate of drug-likeness (QED) is 0.739. The second-order valence-electron chi connectivity index (χ2n) is 5.25. The second-order valence-corrected chi connectivity index (χ2v) is 6.94. The van der Waals surface area contributed by atoms with E-state index in [1.165, 1.54) is 24.3 Å². The molecule has 0 saturated heterocycles. The number of aryl methyl sites for hydroxylation is 1. The summed E-state index contributed by atoms with van der Waals surface area (Å²) in [6.07, 6.45) is 0.637. The first-order valence-electron chi connectivity index (χ1n) is 7.43. The van der Waals surface area contributed by atoms with Crippen molar-refractivity contribution in [2.75, 3.05) is 25.0 Å². The molecule has 0 amide bonds. The molecule has 7 heteroatoms. The van der Waals surface area contributed by atoms with Crippen LogP contribution in [0.15, 0.2) is 47.4 Å². The van der Waals surface area contributed by atoms with Gasteiger partial charge in [-0.05, 0) is 31.2 Å². The van der Waals surface area contributed by atoms with Crippen LogP contribution in [0.5, 0.6) is 5.75 Å². The lowest BCUT2D eigenvalue weighted by Gasteiger charge is -2.14. The van der Waals surface area contributed by atoms with Crippen LogP contribution >= 0.6 is 0 Å². The molecule has 0 atom stereocenters. The SMILES string of the molecule is COCCCOc1ccc(F)cc1NS(=O)(=O)c1ccc(C)cc1. The molecule has 0 saturated carbocycles. The Morgan fingerprint density at radius 1 is 1.08 bits per heavy atom. The maximum atomic E-state index is 13.5. The molecule has 2 rings (SSSR count). The van der Waals surface area contributed by atoms with Crippen molar-refractivity contribution in [3.8, 4) is 5.75 Å². The number of ether oxygens (including phenoxy) is 2. The van der Waals surface area contributed by atoms with Crippen LogP contribution < -0.4 is 9.46 Å². The van der Waals surface area contributed by atoms with Gasteiger partial charge >= 0.3 is 0 Å². The molecule has 0 aliphatic heterocycles. The molecular weight excluding hydrogens is 333 g/mol. The number of hydrogen-bond donors (Lipinski definition) is 1. The van der Waals surface area contributed by atoms with E-state index in [4.69, 9.17) is 9.47 Å². The first-order chi connectivity index (χ1) is 11.4. The van der Waals surface area contributed by atoms with Crippen LogP contribution in [0.4, 0.5) is 10.1 Å². The highest BCUT2D eigenvalue weighted by Gasteiger charge is 2.17. The highest BCUT2D eigenvalue weighted by Crippen LogP contribution is 2.28. The normalized spacial score (nSPS) is 11.3. The maximum absolute atomic E-state index is 13.5. The van der Waals surface area contributed by atoms with Crippen molar-refractivity contribution in [1.82, 2.24) is 0 Å². The highest BCUT2D eigenvalue weighted by molar-refractivity contribution is 7.92. The van der Waals surface area contributed by atoms with E-state index in [0.717, 1.165) is 11.6 Å². The van der Waals surface area contributed by atoms with E-state index < -0.39 is 15.8 Å². The minimum Gasteiger partial charge on any atom is -0.491 e. The zero-order valence-corrected chi connectivity index (χ0v) is 14.4. The fourth-order valence-electron chi connectivity index (χ4n) is 2.01. The largest absolute Gasteiger partial charge is 0.491 e. The molecule has 0 aliphatic rings. The summed E-state index contributed by atoms with van der Waals surface area (Å²) in [5.41, 5.74) is 1.01. The summed E-state index contributed by atoms with van der Waals surface area (Å²) in [6, 6.07) is 10.1. The number of rotatable bonds is 8. The number of hydrogen-bond acceptors (Lipinski definition) is 4. The lowest BCUT2D eigenvalue weighted by molar-refractivity contribution is 0.172. The molecule has 0 aromatic heterocycles. The second kappa shape index (κ2) is 8.12. The van der Waals surface area contributed by atoms with E-state index in [2.05, 4.69) is 4.72 Å². The molecular formula is C17H20FNO4S. The summed E-state index contributed by atoms with van der Waals surface area (Å²) in [4.78, 5) is 0.0997. The fraction of sp³-hybridized carbons (Fsp3) is 0.294. The van der Waals surface area contributed by atoms with Crippen LogP contribution in [-0.4, -0.2) is 28.7 Å². The van der Waals surface area contributed by atoms with E-state index in [0.29, 0.717) is 19.6 Å². The third kappa shape index (κ3) is 4.94. The van der Waals surface area contributed by atoms with Crippen molar-refractivity contribution in [3.63, 3.8) is 0 Å². The Labute approximate surface area is 141 Å². The van der Waals surface area contributed by atoms with E-state index in [-0.39, 0.29) is 16.3 Å². The van der Waals surface area contributed by atoms with Crippen LogP contribution in [0.3, 0.4) is 0 Å². The molecule has 0 radical (unpaired) electrons. The minimum atomic E-state index is -3.83. The first-order valence-corrected chi connectivity index (χ1v) is 8.91. The predicted molar refractivity (Wildman–Crippen MR) is 90.4 cm³/mol. The number of methoxy groups -OCH3 is 1. The average molecular weight is 353 g/mol. The summed E-state index contributed by atoms with van der Waals surface area (Å²) >= 11 is 0. The Hall–Kier alpha value is -2.12. The highest BCUT2D eigenvalue weighted by atomic mass is 32.2. The maximum Gasteiger partial charge on any atom is 0.262 e. The summed E-state index contributed by atoms with van der Waals surface area (Å²) < 4.78 is 51.2. The van der Waals surface area contributed by atoms with Gasteiger partial charge in [0, 0.05) is 26.2 Å². The molecule has 2 aromatic rings. The van der Waals surface area contributed by atoms with E-state index in [1.807, 2.05) is 6.92 Å². The number of benzene rings is 2. The Kier molecular flexibility index (Phi) is 6.16. The Morgan fingerprint density at radius 3 is 2.46 bits per heavy atom. The van der Waals surface area contributed by atoms with Gasteiger partial charge in [0.15, 0.2) is 0 Å². The third-order valence-corrected chi connectivity index (χ3v) is 4.65. The molecule has 0 fully saturated rings. The van der Waals surface area contributed by atoms with E-state index in [9.17, 15) is 12.8 Å². The standard InChI is InChI=1S/C17H20FNO4S/c1-13-4-7-15(8-5-13)24(20,21)19-16-12-14(18)6-9-17(16)23-11-3-10-22-2/h4-9,12,19H,3,10-11H2,1-2H3. The zero-order valence-electron chi connectivity index (χ0n) is 13.6. The van der Waals surface area contributed by atoms with Crippen LogP contribution in [0.1, 0.15) is 12.0 Å². The van der Waals surface area contributed by atoms with Gasteiger partial charge in [-0.1, -0.05) is 17.7 Å². The van der Waals surface area contributed by atoms with Gasteiger partial charge in [0.25, 0.3) is 10.0 Å².